The van der Waals surface area contributed by atoms with Gasteiger partial charge in [-0.3, -0.25) is 0 Å². The SMILES string of the molecule is COc1ccc(S(=O)(=O)N2CCC(NS(=O)(=O)c3cccs3)CC2)cc1. The molecule has 10 heteroatoms. The molecule has 2 aromatic rings. The van der Waals surface area contributed by atoms with Gasteiger partial charge in [0.15, 0.2) is 0 Å². The predicted molar refractivity (Wildman–Crippen MR) is 99.4 cm³/mol. The van der Waals surface area contributed by atoms with Gasteiger partial charge in [0.2, 0.25) is 20.0 Å². The molecule has 1 aliphatic heterocycles. The van der Waals surface area contributed by atoms with Gasteiger partial charge in [0, 0.05) is 19.1 Å². The summed E-state index contributed by atoms with van der Waals surface area (Å²) in [5.74, 6) is 0.589. The van der Waals surface area contributed by atoms with Crippen LogP contribution in [0.3, 0.4) is 0 Å². The molecule has 1 aromatic heterocycles. The molecule has 142 valence electrons. The molecule has 0 amide bonds. The highest BCUT2D eigenvalue weighted by molar-refractivity contribution is 7.91. The van der Waals surface area contributed by atoms with Crippen molar-refractivity contribution in [2.75, 3.05) is 20.2 Å². The first-order chi connectivity index (χ1) is 12.3. The van der Waals surface area contributed by atoms with Crippen LogP contribution in [-0.4, -0.2) is 47.4 Å². The Bertz CT molecular complexity index is 930. The van der Waals surface area contributed by atoms with Crippen molar-refractivity contribution in [1.29, 1.82) is 0 Å². The van der Waals surface area contributed by atoms with E-state index in [1.54, 1.807) is 29.6 Å². The van der Waals surface area contributed by atoms with E-state index in [2.05, 4.69) is 4.72 Å². The van der Waals surface area contributed by atoms with Gasteiger partial charge < -0.3 is 4.74 Å². The van der Waals surface area contributed by atoms with E-state index in [1.165, 1.54) is 23.5 Å². The Morgan fingerprint density at radius 2 is 1.73 bits per heavy atom. The van der Waals surface area contributed by atoms with Gasteiger partial charge in [-0.25, -0.2) is 21.6 Å². The van der Waals surface area contributed by atoms with E-state index in [0.29, 0.717) is 18.6 Å². The number of benzene rings is 1. The van der Waals surface area contributed by atoms with Gasteiger partial charge in [-0.15, -0.1) is 11.3 Å². The molecule has 0 bridgehead atoms. The molecule has 26 heavy (non-hydrogen) atoms. The van der Waals surface area contributed by atoms with Gasteiger partial charge in [-0.2, -0.15) is 4.31 Å². The second kappa shape index (κ2) is 7.65. The Morgan fingerprint density at radius 1 is 1.08 bits per heavy atom. The molecule has 0 radical (unpaired) electrons. The third kappa shape index (κ3) is 4.09. The fourth-order valence-corrected chi connectivity index (χ4v) is 6.59. The minimum Gasteiger partial charge on any atom is -0.497 e. The molecule has 0 aliphatic carbocycles. The number of hydrogen-bond donors (Lipinski definition) is 1. The highest BCUT2D eigenvalue weighted by atomic mass is 32.2. The molecule has 1 aliphatic rings. The van der Waals surface area contributed by atoms with Gasteiger partial charge >= 0.3 is 0 Å². The Balaban J connectivity index is 1.64. The number of nitrogens with zero attached hydrogens (tertiary/aromatic N) is 1. The lowest BCUT2D eigenvalue weighted by molar-refractivity contribution is 0.308. The first-order valence-electron chi connectivity index (χ1n) is 8.03. The Hall–Kier alpha value is -1.46. The zero-order valence-electron chi connectivity index (χ0n) is 14.2. The number of sulfonamides is 2. The van der Waals surface area contributed by atoms with Crippen LogP contribution in [0.1, 0.15) is 12.8 Å². The third-order valence-corrected chi connectivity index (χ3v) is 9.06. The van der Waals surface area contributed by atoms with Gasteiger partial charge in [0.05, 0.1) is 12.0 Å². The number of ether oxygens (including phenoxy) is 1. The van der Waals surface area contributed by atoms with Crippen molar-refractivity contribution in [3.63, 3.8) is 0 Å². The molecule has 1 aromatic carbocycles. The topological polar surface area (TPSA) is 92.8 Å². The van der Waals surface area contributed by atoms with E-state index >= 15 is 0 Å². The van der Waals surface area contributed by atoms with Crippen molar-refractivity contribution >= 4 is 31.4 Å². The van der Waals surface area contributed by atoms with Crippen LogP contribution < -0.4 is 9.46 Å². The summed E-state index contributed by atoms with van der Waals surface area (Å²) in [4.78, 5) is 0.205. The molecule has 0 atom stereocenters. The van der Waals surface area contributed by atoms with Crippen molar-refractivity contribution in [2.24, 2.45) is 0 Å². The maximum absolute atomic E-state index is 12.7. The number of methoxy groups -OCH3 is 1. The number of thiophene rings is 1. The lowest BCUT2D eigenvalue weighted by Crippen LogP contribution is -2.46. The highest BCUT2D eigenvalue weighted by Crippen LogP contribution is 2.24. The van der Waals surface area contributed by atoms with Crippen LogP contribution in [-0.2, 0) is 20.0 Å². The largest absolute Gasteiger partial charge is 0.497 e. The summed E-state index contributed by atoms with van der Waals surface area (Å²) in [5, 5.41) is 1.71. The molecular formula is C16H20N2O5S3. The van der Waals surface area contributed by atoms with Gasteiger partial charge in [0.1, 0.15) is 9.96 Å². The molecule has 1 fully saturated rings. The number of hydrogen-bond acceptors (Lipinski definition) is 6. The second-order valence-electron chi connectivity index (χ2n) is 5.91. The quantitative estimate of drug-likeness (QED) is 0.776. The first-order valence-corrected chi connectivity index (χ1v) is 11.8. The lowest BCUT2D eigenvalue weighted by Gasteiger charge is -2.31. The van der Waals surface area contributed by atoms with Crippen molar-refractivity contribution in [2.45, 2.75) is 28.0 Å². The molecule has 0 saturated carbocycles. The second-order valence-corrected chi connectivity index (χ2v) is 10.7. The van der Waals surface area contributed by atoms with Crippen molar-refractivity contribution in [3.05, 3.63) is 41.8 Å². The highest BCUT2D eigenvalue weighted by Gasteiger charge is 2.31. The average molecular weight is 417 g/mol. The van der Waals surface area contributed by atoms with Crippen molar-refractivity contribution in [3.8, 4) is 5.75 Å². The van der Waals surface area contributed by atoms with Crippen LogP contribution in [0.4, 0.5) is 0 Å². The van der Waals surface area contributed by atoms with E-state index in [4.69, 9.17) is 4.74 Å². The zero-order valence-corrected chi connectivity index (χ0v) is 16.6. The summed E-state index contributed by atoms with van der Waals surface area (Å²) < 4.78 is 59.4. The summed E-state index contributed by atoms with van der Waals surface area (Å²) in [5.41, 5.74) is 0. The fourth-order valence-electron chi connectivity index (χ4n) is 2.80. The van der Waals surface area contributed by atoms with Crippen LogP contribution in [0.2, 0.25) is 0 Å². The fraction of sp³-hybridized carbons (Fsp3) is 0.375. The maximum Gasteiger partial charge on any atom is 0.250 e. The van der Waals surface area contributed by atoms with E-state index in [0.717, 1.165) is 11.3 Å². The number of nitrogens with one attached hydrogen (secondary N) is 1. The van der Waals surface area contributed by atoms with Gasteiger partial charge in [0.25, 0.3) is 0 Å². The van der Waals surface area contributed by atoms with Crippen molar-refractivity contribution < 1.29 is 21.6 Å². The summed E-state index contributed by atoms with van der Waals surface area (Å²) >= 11 is 1.16. The standard InChI is InChI=1S/C16H20N2O5S3/c1-23-14-4-6-15(7-5-14)26(21,22)18-10-8-13(9-11-18)17-25(19,20)16-3-2-12-24-16/h2-7,12-13,17H,8-11H2,1H3. The molecule has 0 spiro atoms. The predicted octanol–water partition coefficient (Wildman–Crippen LogP) is 1.89. The number of rotatable bonds is 6. The molecule has 1 saturated heterocycles. The minimum absolute atomic E-state index is 0.205. The van der Waals surface area contributed by atoms with E-state index < -0.39 is 20.0 Å². The van der Waals surface area contributed by atoms with Gasteiger partial charge in [-0.1, -0.05) is 6.07 Å². The summed E-state index contributed by atoms with van der Waals surface area (Å²) in [7, 11) is -5.62. The normalized spacial score (nSPS) is 17.3. The number of piperidine rings is 1. The van der Waals surface area contributed by atoms with Crippen LogP contribution >= 0.6 is 11.3 Å². The monoisotopic (exact) mass is 416 g/mol. The summed E-state index contributed by atoms with van der Waals surface area (Å²) in [6.07, 6.45) is 0.861. The minimum atomic E-state index is -3.59. The van der Waals surface area contributed by atoms with E-state index in [1.807, 2.05) is 0 Å². The molecule has 7 nitrogen and oxygen atoms in total. The molecule has 3 rings (SSSR count). The lowest BCUT2D eigenvalue weighted by atomic mass is 10.1. The van der Waals surface area contributed by atoms with Crippen LogP contribution in [0.25, 0.3) is 0 Å². The maximum atomic E-state index is 12.7. The smallest absolute Gasteiger partial charge is 0.250 e. The molecular weight excluding hydrogens is 396 g/mol. The molecule has 0 unspecified atom stereocenters. The van der Waals surface area contributed by atoms with Crippen LogP contribution in [0, 0.1) is 0 Å². The summed E-state index contributed by atoms with van der Waals surface area (Å²) in [6, 6.07) is 9.20. The molecule has 2 heterocycles. The Morgan fingerprint density at radius 3 is 2.27 bits per heavy atom. The van der Waals surface area contributed by atoms with Crippen molar-refractivity contribution in [1.82, 2.24) is 9.03 Å². The van der Waals surface area contributed by atoms with Gasteiger partial charge in [-0.05, 0) is 48.6 Å². The average Bonchev–Trinajstić information content (AvgIpc) is 3.18. The first kappa shape index (κ1) is 19.3. The van der Waals surface area contributed by atoms with E-state index in [9.17, 15) is 16.8 Å². The Labute approximate surface area is 157 Å². The van der Waals surface area contributed by atoms with Crippen LogP contribution in [0.5, 0.6) is 5.75 Å². The van der Waals surface area contributed by atoms with E-state index in [-0.39, 0.29) is 28.2 Å². The Kier molecular flexibility index (Phi) is 5.68. The zero-order chi connectivity index (χ0) is 18.8. The van der Waals surface area contributed by atoms with Crippen LogP contribution in [0.15, 0.2) is 50.9 Å². The third-order valence-electron chi connectivity index (χ3n) is 4.23. The molecule has 1 N–H and O–H groups in total. The summed E-state index contributed by atoms with van der Waals surface area (Å²) in [6.45, 7) is 0.540.